The number of para-hydroxylation sites is 1. The summed E-state index contributed by atoms with van der Waals surface area (Å²) >= 11 is 0. The van der Waals surface area contributed by atoms with Crippen molar-refractivity contribution in [2.75, 3.05) is 0 Å². The number of carboxylic acid groups (broad SMARTS) is 1. The number of fused-ring (bicyclic) bond motifs is 1. The van der Waals surface area contributed by atoms with Crippen molar-refractivity contribution in [1.29, 1.82) is 0 Å². The molecule has 1 amide bonds. The molecule has 2 rings (SSSR count). The van der Waals surface area contributed by atoms with Crippen molar-refractivity contribution in [3.63, 3.8) is 0 Å². The van der Waals surface area contributed by atoms with Gasteiger partial charge in [0.05, 0.1) is 0 Å². The molecule has 0 bridgehead atoms. The second-order valence-corrected chi connectivity index (χ2v) is 4.78. The van der Waals surface area contributed by atoms with Crippen molar-refractivity contribution in [2.24, 2.45) is 0 Å². The molecule has 0 aliphatic rings. The van der Waals surface area contributed by atoms with Gasteiger partial charge in [-0.1, -0.05) is 25.1 Å². The molecule has 0 fully saturated rings. The summed E-state index contributed by atoms with van der Waals surface area (Å²) in [7, 11) is 0. The zero-order valence-electron chi connectivity index (χ0n) is 11.7. The fraction of sp³-hybridized carbons (Fsp3) is 0.333. The van der Waals surface area contributed by atoms with E-state index in [4.69, 9.17) is 9.52 Å². The molecule has 1 aromatic heterocycles. The van der Waals surface area contributed by atoms with Crippen LogP contribution < -0.4 is 5.32 Å². The number of furan rings is 1. The normalized spacial score (nSPS) is 12.3. The molecule has 2 N–H and O–H groups in total. The van der Waals surface area contributed by atoms with Gasteiger partial charge in [-0.3, -0.25) is 4.79 Å². The maximum absolute atomic E-state index is 12.2. The second-order valence-electron chi connectivity index (χ2n) is 4.78. The Kier molecular flexibility index (Phi) is 3.79. The predicted molar refractivity (Wildman–Crippen MR) is 74.9 cm³/mol. The van der Waals surface area contributed by atoms with Crippen LogP contribution in [-0.2, 0) is 4.79 Å². The van der Waals surface area contributed by atoms with Crippen LogP contribution in [0, 0.1) is 13.8 Å². The van der Waals surface area contributed by atoms with Gasteiger partial charge in [0.15, 0.2) is 5.76 Å². The van der Waals surface area contributed by atoms with Gasteiger partial charge in [-0.25, -0.2) is 4.79 Å². The van der Waals surface area contributed by atoms with Crippen LogP contribution in [-0.4, -0.2) is 23.0 Å². The first kappa shape index (κ1) is 14.1. The number of amides is 1. The highest BCUT2D eigenvalue weighted by Gasteiger charge is 2.23. The second kappa shape index (κ2) is 5.36. The zero-order valence-corrected chi connectivity index (χ0v) is 11.7. The minimum atomic E-state index is -1.05. The van der Waals surface area contributed by atoms with E-state index in [2.05, 4.69) is 5.32 Å². The van der Waals surface area contributed by atoms with Gasteiger partial charge >= 0.3 is 5.97 Å². The van der Waals surface area contributed by atoms with Crippen LogP contribution in [0.3, 0.4) is 0 Å². The highest BCUT2D eigenvalue weighted by molar-refractivity contribution is 6.00. The molecule has 2 aromatic rings. The van der Waals surface area contributed by atoms with E-state index in [-0.39, 0.29) is 5.76 Å². The Balaban J connectivity index is 2.38. The smallest absolute Gasteiger partial charge is 0.326 e. The molecule has 0 spiro atoms. The number of nitrogens with one attached hydrogen (secondary N) is 1. The Morgan fingerprint density at radius 1 is 1.35 bits per heavy atom. The van der Waals surface area contributed by atoms with Crippen molar-refractivity contribution in [2.45, 2.75) is 33.2 Å². The Labute approximate surface area is 116 Å². The van der Waals surface area contributed by atoms with E-state index in [1.54, 1.807) is 13.8 Å². The van der Waals surface area contributed by atoms with Crippen molar-refractivity contribution in [3.05, 3.63) is 35.1 Å². The lowest BCUT2D eigenvalue weighted by atomic mass is 10.1. The third-order valence-electron chi connectivity index (χ3n) is 3.38. The standard InChI is InChI=1S/C15H17NO4/c1-4-11(15(18)19)16-14(17)13-9(3)10-7-5-6-8(2)12(10)20-13/h5-7,11H,4H2,1-3H3,(H,16,17)(H,18,19). The predicted octanol–water partition coefficient (Wildman–Crippen LogP) is 2.64. The van der Waals surface area contributed by atoms with Crippen LogP contribution in [0.25, 0.3) is 11.0 Å². The molecule has 106 valence electrons. The van der Waals surface area contributed by atoms with E-state index < -0.39 is 17.9 Å². The number of aryl methyl sites for hydroxylation is 2. The molecular formula is C15H17NO4. The van der Waals surface area contributed by atoms with E-state index in [9.17, 15) is 9.59 Å². The zero-order chi connectivity index (χ0) is 14.9. The van der Waals surface area contributed by atoms with Gasteiger partial charge in [-0.15, -0.1) is 0 Å². The number of hydrogen-bond donors (Lipinski definition) is 2. The summed E-state index contributed by atoms with van der Waals surface area (Å²) in [6.45, 7) is 5.40. The molecule has 0 radical (unpaired) electrons. The third-order valence-corrected chi connectivity index (χ3v) is 3.38. The van der Waals surface area contributed by atoms with Crippen molar-refractivity contribution in [3.8, 4) is 0 Å². The van der Waals surface area contributed by atoms with Crippen molar-refractivity contribution in [1.82, 2.24) is 5.32 Å². The maximum atomic E-state index is 12.2. The largest absolute Gasteiger partial charge is 0.480 e. The molecule has 0 saturated carbocycles. The molecule has 1 unspecified atom stereocenters. The Bertz CT molecular complexity index is 672. The Morgan fingerprint density at radius 2 is 2.05 bits per heavy atom. The third kappa shape index (κ3) is 2.39. The number of carboxylic acids is 1. The highest BCUT2D eigenvalue weighted by atomic mass is 16.4. The summed E-state index contributed by atoms with van der Waals surface area (Å²) in [6.07, 6.45) is 0.319. The average molecular weight is 275 g/mol. The van der Waals surface area contributed by atoms with E-state index in [0.29, 0.717) is 12.0 Å². The monoisotopic (exact) mass is 275 g/mol. The topological polar surface area (TPSA) is 79.5 Å². The number of carbonyl (C=O) groups excluding carboxylic acids is 1. The first-order valence-electron chi connectivity index (χ1n) is 6.48. The molecular weight excluding hydrogens is 258 g/mol. The SMILES string of the molecule is CCC(NC(=O)c1oc2c(C)cccc2c1C)C(=O)O. The lowest BCUT2D eigenvalue weighted by Gasteiger charge is -2.11. The van der Waals surface area contributed by atoms with Gasteiger partial charge in [-0.05, 0) is 25.8 Å². The van der Waals surface area contributed by atoms with Gasteiger partial charge in [0.2, 0.25) is 0 Å². The average Bonchev–Trinajstić information content (AvgIpc) is 2.75. The number of benzene rings is 1. The highest BCUT2D eigenvalue weighted by Crippen LogP contribution is 2.27. The van der Waals surface area contributed by atoms with E-state index in [1.807, 2.05) is 25.1 Å². The lowest BCUT2D eigenvalue weighted by Crippen LogP contribution is -2.40. The van der Waals surface area contributed by atoms with E-state index in [1.165, 1.54) is 0 Å². The van der Waals surface area contributed by atoms with Crippen molar-refractivity contribution >= 4 is 22.8 Å². The fourth-order valence-electron chi connectivity index (χ4n) is 2.16. The Hall–Kier alpha value is -2.30. The van der Waals surface area contributed by atoms with Crippen LogP contribution in [0.4, 0.5) is 0 Å². The van der Waals surface area contributed by atoms with Gasteiger partial charge < -0.3 is 14.8 Å². The molecule has 20 heavy (non-hydrogen) atoms. The molecule has 0 aliphatic carbocycles. The van der Waals surface area contributed by atoms with Gasteiger partial charge in [0.1, 0.15) is 11.6 Å². The maximum Gasteiger partial charge on any atom is 0.326 e. The Morgan fingerprint density at radius 3 is 2.60 bits per heavy atom. The first-order valence-corrected chi connectivity index (χ1v) is 6.48. The molecule has 1 atom stereocenters. The summed E-state index contributed by atoms with van der Waals surface area (Å²) in [5.41, 5.74) is 2.33. The molecule has 5 heteroatoms. The van der Waals surface area contributed by atoms with Crippen LogP contribution in [0.2, 0.25) is 0 Å². The number of rotatable bonds is 4. The van der Waals surface area contributed by atoms with Crippen LogP contribution in [0.5, 0.6) is 0 Å². The number of carbonyl (C=O) groups is 2. The quantitative estimate of drug-likeness (QED) is 0.899. The number of hydrogen-bond acceptors (Lipinski definition) is 3. The lowest BCUT2D eigenvalue weighted by molar-refractivity contribution is -0.139. The molecule has 0 saturated heterocycles. The minimum absolute atomic E-state index is 0.175. The molecule has 1 heterocycles. The van der Waals surface area contributed by atoms with Crippen LogP contribution >= 0.6 is 0 Å². The summed E-state index contributed by atoms with van der Waals surface area (Å²) in [6, 6.07) is 4.77. The number of aliphatic carboxylic acids is 1. The molecule has 1 aromatic carbocycles. The van der Waals surface area contributed by atoms with Gasteiger partial charge in [0, 0.05) is 10.9 Å². The summed E-state index contributed by atoms with van der Waals surface area (Å²) in [5.74, 6) is -1.37. The molecule has 5 nitrogen and oxygen atoms in total. The van der Waals surface area contributed by atoms with E-state index >= 15 is 0 Å². The summed E-state index contributed by atoms with van der Waals surface area (Å²) in [4.78, 5) is 23.1. The fourth-order valence-corrected chi connectivity index (χ4v) is 2.16. The molecule has 0 aliphatic heterocycles. The van der Waals surface area contributed by atoms with Crippen LogP contribution in [0.15, 0.2) is 22.6 Å². The minimum Gasteiger partial charge on any atom is -0.480 e. The van der Waals surface area contributed by atoms with Crippen LogP contribution in [0.1, 0.15) is 35.0 Å². The van der Waals surface area contributed by atoms with Gasteiger partial charge in [-0.2, -0.15) is 0 Å². The summed E-state index contributed by atoms with van der Waals surface area (Å²) < 4.78 is 5.61. The summed E-state index contributed by atoms with van der Waals surface area (Å²) in [5, 5.41) is 12.3. The van der Waals surface area contributed by atoms with Crippen molar-refractivity contribution < 1.29 is 19.1 Å². The van der Waals surface area contributed by atoms with E-state index in [0.717, 1.165) is 16.5 Å². The van der Waals surface area contributed by atoms with Gasteiger partial charge in [0.25, 0.3) is 5.91 Å². The first-order chi connectivity index (χ1) is 9.45.